The van der Waals surface area contributed by atoms with Gasteiger partial charge in [-0.2, -0.15) is 0 Å². The number of amides is 1. The van der Waals surface area contributed by atoms with E-state index in [1.807, 2.05) is 18.2 Å². The summed E-state index contributed by atoms with van der Waals surface area (Å²) in [6, 6.07) is 11.1. The van der Waals surface area contributed by atoms with Crippen LogP contribution in [0.4, 0.5) is 11.4 Å². The van der Waals surface area contributed by atoms with E-state index in [-0.39, 0.29) is 5.69 Å². The van der Waals surface area contributed by atoms with Crippen molar-refractivity contribution in [3.8, 4) is 11.3 Å². The van der Waals surface area contributed by atoms with Crippen molar-refractivity contribution >= 4 is 29.7 Å². The minimum atomic E-state index is -0.592. The van der Waals surface area contributed by atoms with E-state index in [2.05, 4.69) is 32.3 Å². The fraction of sp³-hybridized carbons (Fsp3) is 0.300. The first-order chi connectivity index (χ1) is 13.1. The molecule has 0 spiro atoms. The van der Waals surface area contributed by atoms with Crippen molar-refractivity contribution in [3.05, 3.63) is 42.1 Å². The highest BCUT2D eigenvalue weighted by Gasteiger charge is 2.17. The molecule has 7 heteroatoms. The summed E-state index contributed by atoms with van der Waals surface area (Å²) < 4.78 is 0. The molecule has 1 aromatic carbocycles. The van der Waals surface area contributed by atoms with Crippen molar-refractivity contribution in [3.63, 3.8) is 0 Å². The molecule has 1 amide bonds. The first-order valence-electron chi connectivity index (χ1n) is 8.98. The highest BCUT2D eigenvalue weighted by atomic mass is 16.2. The van der Waals surface area contributed by atoms with Gasteiger partial charge in [-0.05, 0) is 37.1 Å². The Morgan fingerprint density at radius 3 is 2.81 bits per heavy atom. The molecule has 1 aromatic heterocycles. The second kappa shape index (κ2) is 8.44. The summed E-state index contributed by atoms with van der Waals surface area (Å²) in [4.78, 5) is 23.2. The number of aliphatic imine (C=N–C) groups is 1. The van der Waals surface area contributed by atoms with Gasteiger partial charge < -0.3 is 21.4 Å². The number of nitrogen functional groups attached to an aromatic ring is 1. The second-order valence-electron chi connectivity index (χ2n) is 6.45. The average Bonchev–Trinajstić information content (AvgIpc) is 3.23. The van der Waals surface area contributed by atoms with Crippen LogP contribution in [0.1, 0.15) is 23.3 Å². The Kier molecular flexibility index (Phi) is 5.80. The fourth-order valence-electron chi connectivity index (χ4n) is 3.15. The molecule has 0 saturated carbocycles. The number of nitrogens with one attached hydrogen (secondary N) is 2. The van der Waals surface area contributed by atoms with Crippen LogP contribution in [0, 0.1) is 5.41 Å². The van der Waals surface area contributed by atoms with Gasteiger partial charge in [0, 0.05) is 43.8 Å². The zero-order valence-corrected chi connectivity index (χ0v) is 15.4. The molecule has 1 saturated heterocycles. The first kappa shape index (κ1) is 18.6. The van der Waals surface area contributed by atoms with E-state index in [4.69, 9.17) is 11.1 Å². The van der Waals surface area contributed by atoms with E-state index in [9.17, 15) is 4.79 Å². The van der Waals surface area contributed by atoms with Crippen LogP contribution >= 0.6 is 0 Å². The maximum atomic E-state index is 12.5. The lowest BCUT2D eigenvalue weighted by Crippen LogP contribution is -2.37. The van der Waals surface area contributed by atoms with Crippen molar-refractivity contribution in [1.82, 2.24) is 10.3 Å². The lowest BCUT2D eigenvalue weighted by molar-refractivity contribution is 0.0951. The number of rotatable bonds is 6. The van der Waals surface area contributed by atoms with Gasteiger partial charge in [-0.25, -0.2) is 4.98 Å². The SMILES string of the molecule is CN=CC(C=N)NC(=O)c1nc(-c2cccc(N3CCCC3)c2)ccc1N. The molecule has 2 aromatic rings. The van der Waals surface area contributed by atoms with Gasteiger partial charge in [0.05, 0.1) is 17.4 Å². The molecule has 4 N–H and O–H groups in total. The molecule has 27 heavy (non-hydrogen) atoms. The maximum Gasteiger partial charge on any atom is 0.272 e. The molecular weight excluding hydrogens is 340 g/mol. The van der Waals surface area contributed by atoms with Gasteiger partial charge in [-0.1, -0.05) is 12.1 Å². The van der Waals surface area contributed by atoms with Crippen LogP contribution in [-0.2, 0) is 0 Å². The van der Waals surface area contributed by atoms with Crippen LogP contribution < -0.4 is 16.0 Å². The van der Waals surface area contributed by atoms with Crippen molar-refractivity contribution in [2.75, 3.05) is 30.8 Å². The van der Waals surface area contributed by atoms with E-state index in [1.54, 1.807) is 13.1 Å². The predicted octanol–water partition coefficient (Wildman–Crippen LogP) is 2.38. The maximum absolute atomic E-state index is 12.5. The molecule has 1 aliphatic heterocycles. The van der Waals surface area contributed by atoms with Crippen LogP contribution in [0.25, 0.3) is 11.3 Å². The normalized spacial score (nSPS) is 15.1. The number of anilines is 2. The number of nitrogens with zero attached hydrogens (tertiary/aromatic N) is 3. The monoisotopic (exact) mass is 364 g/mol. The third-order valence-corrected chi connectivity index (χ3v) is 4.54. The van der Waals surface area contributed by atoms with Gasteiger partial charge in [0.1, 0.15) is 0 Å². The Balaban J connectivity index is 1.88. The number of carbonyl (C=O) groups is 1. The Hall–Kier alpha value is -3.22. The van der Waals surface area contributed by atoms with Crippen LogP contribution in [-0.4, -0.2) is 49.5 Å². The lowest BCUT2D eigenvalue weighted by atomic mass is 10.1. The van der Waals surface area contributed by atoms with E-state index in [0.29, 0.717) is 11.4 Å². The summed E-state index contributed by atoms with van der Waals surface area (Å²) in [7, 11) is 1.59. The summed E-state index contributed by atoms with van der Waals surface area (Å²) in [5.74, 6) is -0.432. The number of aromatic nitrogens is 1. The standard InChI is InChI=1S/C20H24N6O/c1-23-13-15(12-21)24-20(27)19-17(22)7-8-18(25-19)14-5-4-6-16(11-14)26-9-2-3-10-26/h4-8,11-13,15,21H,2-3,9-10,22H2,1H3,(H,24,27). The van der Waals surface area contributed by atoms with Gasteiger partial charge in [-0.3, -0.25) is 9.79 Å². The molecule has 1 aliphatic rings. The minimum absolute atomic E-state index is 0.149. The molecule has 1 unspecified atom stereocenters. The summed E-state index contributed by atoms with van der Waals surface area (Å²) in [6.45, 7) is 2.13. The minimum Gasteiger partial charge on any atom is -0.397 e. The number of benzene rings is 1. The molecule has 140 valence electrons. The van der Waals surface area contributed by atoms with Crippen molar-refractivity contribution in [1.29, 1.82) is 5.41 Å². The third kappa shape index (κ3) is 4.31. The smallest absolute Gasteiger partial charge is 0.272 e. The Bertz CT molecular complexity index is 857. The van der Waals surface area contributed by atoms with E-state index >= 15 is 0 Å². The molecule has 2 heterocycles. The first-order valence-corrected chi connectivity index (χ1v) is 8.98. The molecule has 0 radical (unpaired) electrons. The van der Waals surface area contributed by atoms with Crippen LogP contribution in [0.2, 0.25) is 0 Å². The average molecular weight is 364 g/mol. The lowest BCUT2D eigenvalue weighted by Gasteiger charge is -2.18. The van der Waals surface area contributed by atoms with Crippen LogP contribution in [0.5, 0.6) is 0 Å². The van der Waals surface area contributed by atoms with Gasteiger partial charge in [0.2, 0.25) is 0 Å². The Morgan fingerprint density at radius 1 is 1.33 bits per heavy atom. The molecule has 1 atom stereocenters. The number of hydrogen-bond donors (Lipinski definition) is 3. The highest BCUT2D eigenvalue weighted by Crippen LogP contribution is 2.27. The van der Waals surface area contributed by atoms with E-state index in [0.717, 1.165) is 30.6 Å². The van der Waals surface area contributed by atoms with E-state index in [1.165, 1.54) is 19.1 Å². The van der Waals surface area contributed by atoms with Gasteiger partial charge in [-0.15, -0.1) is 0 Å². The quantitative estimate of drug-likeness (QED) is 0.684. The van der Waals surface area contributed by atoms with Crippen LogP contribution in [0.3, 0.4) is 0 Å². The fourth-order valence-corrected chi connectivity index (χ4v) is 3.15. The van der Waals surface area contributed by atoms with Crippen molar-refractivity contribution in [2.24, 2.45) is 4.99 Å². The number of hydrogen-bond acceptors (Lipinski definition) is 6. The Morgan fingerprint density at radius 2 is 2.11 bits per heavy atom. The largest absolute Gasteiger partial charge is 0.397 e. The van der Waals surface area contributed by atoms with Gasteiger partial charge in [0.25, 0.3) is 5.91 Å². The summed E-state index contributed by atoms with van der Waals surface area (Å²) in [5.41, 5.74) is 9.20. The summed E-state index contributed by atoms with van der Waals surface area (Å²) >= 11 is 0. The number of pyridine rings is 1. The van der Waals surface area contributed by atoms with Crippen molar-refractivity contribution < 1.29 is 4.79 Å². The number of carbonyl (C=O) groups excluding carboxylic acids is 1. The second-order valence-corrected chi connectivity index (χ2v) is 6.45. The zero-order valence-electron chi connectivity index (χ0n) is 15.4. The van der Waals surface area contributed by atoms with Gasteiger partial charge in [0.15, 0.2) is 5.69 Å². The predicted molar refractivity (Wildman–Crippen MR) is 110 cm³/mol. The molecule has 0 bridgehead atoms. The molecular formula is C20H24N6O. The Labute approximate surface area is 158 Å². The summed E-state index contributed by atoms with van der Waals surface area (Å²) in [6.07, 6.45) is 5.00. The molecule has 7 nitrogen and oxygen atoms in total. The molecule has 3 rings (SSSR count). The van der Waals surface area contributed by atoms with Crippen LogP contribution in [0.15, 0.2) is 41.4 Å². The highest BCUT2D eigenvalue weighted by molar-refractivity contribution is 6.02. The third-order valence-electron chi connectivity index (χ3n) is 4.54. The molecule has 1 fully saturated rings. The zero-order chi connectivity index (χ0) is 19.2. The van der Waals surface area contributed by atoms with Gasteiger partial charge >= 0.3 is 0 Å². The topological polar surface area (TPSA) is 107 Å². The van der Waals surface area contributed by atoms with Crippen molar-refractivity contribution in [2.45, 2.75) is 18.9 Å². The number of nitrogens with two attached hydrogens (primary N) is 1. The molecule has 0 aliphatic carbocycles. The van der Waals surface area contributed by atoms with E-state index < -0.39 is 11.9 Å². The summed E-state index contributed by atoms with van der Waals surface area (Å²) in [5, 5.41) is 10.0.